The van der Waals surface area contributed by atoms with E-state index in [4.69, 9.17) is 9.94 Å². The van der Waals surface area contributed by atoms with Crippen molar-refractivity contribution in [3.8, 4) is 0 Å². The molecule has 0 heterocycles. The molecule has 0 bridgehead atoms. The van der Waals surface area contributed by atoms with Crippen LogP contribution in [-0.4, -0.2) is 24.2 Å². The maximum Gasteiger partial charge on any atom is 0.275 e. The second kappa shape index (κ2) is 5.85. The Kier molecular flexibility index (Phi) is 4.74. The second-order valence-electron chi connectivity index (χ2n) is 2.96. The maximum absolute atomic E-state index is 11.5. The lowest BCUT2D eigenvalue weighted by atomic mass is 10.1. The fourth-order valence-electron chi connectivity index (χ4n) is 1.10. The number of aliphatic hydroxyl groups is 1. The van der Waals surface area contributed by atoms with Gasteiger partial charge in [-0.3, -0.25) is 9.63 Å². The number of halogens is 1. The molecule has 0 aromatic heterocycles. The van der Waals surface area contributed by atoms with Gasteiger partial charge in [0.05, 0.1) is 13.2 Å². The summed E-state index contributed by atoms with van der Waals surface area (Å²) in [7, 11) is 0. The molecule has 15 heavy (non-hydrogen) atoms. The number of hydrogen-bond donors (Lipinski definition) is 2. The number of hydrogen-bond acceptors (Lipinski definition) is 3. The summed E-state index contributed by atoms with van der Waals surface area (Å²) >= 11 is 3.31. The van der Waals surface area contributed by atoms with Crippen LogP contribution in [0.3, 0.4) is 0 Å². The molecule has 5 heteroatoms. The fraction of sp³-hybridized carbons (Fsp3) is 0.300. The third-order valence-corrected chi connectivity index (χ3v) is 2.28. The molecule has 0 aliphatic rings. The summed E-state index contributed by atoms with van der Waals surface area (Å²) in [6, 6.07) is 5.34. The van der Waals surface area contributed by atoms with E-state index in [0.717, 1.165) is 10.0 Å². The molecule has 0 aliphatic carbocycles. The van der Waals surface area contributed by atoms with Gasteiger partial charge in [0, 0.05) is 10.0 Å². The SMILES string of the molecule is Cc1cc(Br)ccc1C(=O)NOCCO. The molecule has 0 aliphatic heterocycles. The van der Waals surface area contributed by atoms with Crippen molar-refractivity contribution in [3.63, 3.8) is 0 Å². The lowest BCUT2D eigenvalue weighted by molar-refractivity contribution is 0.0168. The molecule has 0 fully saturated rings. The van der Waals surface area contributed by atoms with Crippen LogP contribution in [0.25, 0.3) is 0 Å². The zero-order chi connectivity index (χ0) is 11.3. The molecular weight excluding hydrogens is 262 g/mol. The molecule has 1 amide bonds. The van der Waals surface area contributed by atoms with Gasteiger partial charge in [0.1, 0.15) is 0 Å². The third-order valence-electron chi connectivity index (χ3n) is 1.79. The van der Waals surface area contributed by atoms with Crippen LogP contribution >= 0.6 is 15.9 Å². The Balaban J connectivity index is 2.65. The molecule has 0 unspecified atom stereocenters. The molecule has 82 valence electrons. The summed E-state index contributed by atoms with van der Waals surface area (Å²) in [5.74, 6) is -0.312. The summed E-state index contributed by atoms with van der Waals surface area (Å²) in [5.41, 5.74) is 3.65. The Hall–Kier alpha value is -0.910. The van der Waals surface area contributed by atoms with E-state index in [1.807, 2.05) is 13.0 Å². The number of nitrogens with one attached hydrogen (secondary N) is 1. The van der Waals surface area contributed by atoms with Crippen LogP contribution < -0.4 is 5.48 Å². The first kappa shape index (κ1) is 12.2. The van der Waals surface area contributed by atoms with E-state index in [9.17, 15) is 4.79 Å². The van der Waals surface area contributed by atoms with Crippen LogP contribution in [0.2, 0.25) is 0 Å². The fourth-order valence-corrected chi connectivity index (χ4v) is 1.57. The standard InChI is InChI=1S/C10H12BrNO3/c1-7-6-8(11)2-3-9(7)10(14)12-15-5-4-13/h2-3,6,13H,4-5H2,1H3,(H,12,14). The van der Waals surface area contributed by atoms with Gasteiger partial charge in [-0.15, -0.1) is 0 Å². The highest BCUT2D eigenvalue weighted by Gasteiger charge is 2.08. The van der Waals surface area contributed by atoms with Gasteiger partial charge in [0.15, 0.2) is 0 Å². The predicted molar refractivity (Wildman–Crippen MR) is 59.4 cm³/mol. The van der Waals surface area contributed by atoms with Crippen molar-refractivity contribution in [1.29, 1.82) is 0 Å². The van der Waals surface area contributed by atoms with E-state index >= 15 is 0 Å². The zero-order valence-electron chi connectivity index (χ0n) is 8.29. The van der Waals surface area contributed by atoms with E-state index in [2.05, 4.69) is 21.4 Å². The summed E-state index contributed by atoms with van der Waals surface area (Å²) in [4.78, 5) is 16.2. The van der Waals surface area contributed by atoms with Crippen molar-refractivity contribution in [3.05, 3.63) is 33.8 Å². The van der Waals surface area contributed by atoms with Crippen LogP contribution in [0, 0.1) is 6.92 Å². The Morgan fingerprint density at radius 3 is 2.93 bits per heavy atom. The molecule has 0 radical (unpaired) electrons. The first-order valence-electron chi connectivity index (χ1n) is 4.44. The van der Waals surface area contributed by atoms with Crippen LogP contribution in [0.4, 0.5) is 0 Å². The molecule has 2 N–H and O–H groups in total. The predicted octanol–water partition coefficient (Wildman–Crippen LogP) is 1.41. The molecule has 1 aromatic rings. The number of carbonyl (C=O) groups is 1. The van der Waals surface area contributed by atoms with E-state index in [1.165, 1.54) is 0 Å². The minimum absolute atomic E-state index is 0.0846. The molecule has 1 aromatic carbocycles. The van der Waals surface area contributed by atoms with Crippen molar-refractivity contribution in [1.82, 2.24) is 5.48 Å². The minimum Gasteiger partial charge on any atom is -0.394 e. The van der Waals surface area contributed by atoms with Crippen LogP contribution in [-0.2, 0) is 4.84 Å². The highest BCUT2D eigenvalue weighted by Crippen LogP contribution is 2.15. The number of carbonyl (C=O) groups excluding carboxylic acids is 1. The first-order valence-corrected chi connectivity index (χ1v) is 5.23. The van der Waals surface area contributed by atoms with Crippen LogP contribution in [0.1, 0.15) is 15.9 Å². The monoisotopic (exact) mass is 273 g/mol. The summed E-state index contributed by atoms with van der Waals surface area (Å²) in [6.07, 6.45) is 0. The lowest BCUT2D eigenvalue weighted by Crippen LogP contribution is -2.25. The molecule has 0 spiro atoms. The van der Waals surface area contributed by atoms with Gasteiger partial charge in [-0.2, -0.15) is 0 Å². The van der Waals surface area contributed by atoms with E-state index < -0.39 is 0 Å². The molecular formula is C10H12BrNO3. The van der Waals surface area contributed by atoms with E-state index in [1.54, 1.807) is 12.1 Å². The smallest absolute Gasteiger partial charge is 0.275 e. The average molecular weight is 274 g/mol. The Morgan fingerprint density at radius 1 is 1.60 bits per heavy atom. The molecule has 0 atom stereocenters. The minimum atomic E-state index is -0.312. The third kappa shape index (κ3) is 3.62. The number of benzene rings is 1. The van der Waals surface area contributed by atoms with Gasteiger partial charge in [-0.05, 0) is 30.7 Å². The van der Waals surface area contributed by atoms with Crippen LogP contribution in [0.15, 0.2) is 22.7 Å². The van der Waals surface area contributed by atoms with Crippen molar-refractivity contribution < 1.29 is 14.7 Å². The van der Waals surface area contributed by atoms with Gasteiger partial charge in [-0.1, -0.05) is 15.9 Å². The van der Waals surface area contributed by atoms with Gasteiger partial charge >= 0.3 is 0 Å². The summed E-state index contributed by atoms with van der Waals surface area (Å²) in [6.45, 7) is 1.80. The van der Waals surface area contributed by atoms with Gasteiger partial charge in [-0.25, -0.2) is 5.48 Å². The van der Waals surface area contributed by atoms with Crippen LogP contribution in [0.5, 0.6) is 0 Å². The molecule has 4 nitrogen and oxygen atoms in total. The molecule has 0 saturated heterocycles. The van der Waals surface area contributed by atoms with Gasteiger partial charge < -0.3 is 5.11 Å². The Bertz CT molecular complexity index is 355. The quantitative estimate of drug-likeness (QED) is 0.644. The Morgan fingerprint density at radius 2 is 2.33 bits per heavy atom. The van der Waals surface area contributed by atoms with Crippen molar-refractivity contribution in [2.24, 2.45) is 0 Å². The topological polar surface area (TPSA) is 58.6 Å². The largest absolute Gasteiger partial charge is 0.394 e. The average Bonchev–Trinajstić information content (AvgIpc) is 2.17. The molecule has 0 saturated carbocycles. The summed E-state index contributed by atoms with van der Waals surface area (Å²) < 4.78 is 0.924. The van der Waals surface area contributed by atoms with Crippen molar-refractivity contribution in [2.75, 3.05) is 13.2 Å². The second-order valence-corrected chi connectivity index (χ2v) is 3.88. The zero-order valence-corrected chi connectivity index (χ0v) is 9.87. The highest BCUT2D eigenvalue weighted by molar-refractivity contribution is 9.10. The normalized spacial score (nSPS) is 10.1. The van der Waals surface area contributed by atoms with E-state index in [-0.39, 0.29) is 19.1 Å². The first-order chi connectivity index (χ1) is 7.15. The Labute approximate surface area is 96.3 Å². The highest BCUT2D eigenvalue weighted by atomic mass is 79.9. The van der Waals surface area contributed by atoms with Crippen molar-refractivity contribution in [2.45, 2.75) is 6.92 Å². The van der Waals surface area contributed by atoms with Gasteiger partial charge in [0.2, 0.25) is 0 Å². The summed E-state index contributed by atoms with van der Waals surface area (Å²) in [5, 5.41) is 8.46. The number of aryl methyl sites for hydroxylation is 1. The molecule has 1 rings (SSSR count). The number of rotatable bonds is 4. The maximum atomic E-state index is 11.5. The van der Waals surface area contributed by atoms with Gasteiger partial charge in [0.25, 0.3) is 5.91 Å². The van der Waals surface area contributed by atoms with Crippen molar-refractivity contribution >= 4 is 21.8 Å². The number of aliphatic hydroxyl groups excluding tert-OH is 1. The lowest BCUT2D eigenvalue weighted by Gasteiger charge is -2.07. The number of amides is 1. The number of hydroxylamine groups is 1. The van der Waals surface area contributed by atoms with E-state index in [0.29, 0.717) is 5.56 Å².